The lowest BCUT2D eigenvalue weighted by atomic mass is 10.5. The minimum Gasteiger partial charge on any atom is -0.321 e. The largest absolute Gasteiger partial charge is 0.321 e. The monoisotopic (exact) mass is 209 g/mol. The van der Waals surface area contributed by atoms with Gasteiger partial charge in [-0.05, 0) is 0 Å². The summed E-state index contributed by atoms with van der Waals surface area (Å²) in [4.78, 5) is 3.94. The van der Waals surface area contributed by atoms with Crippen LogP contribution in [0.2, 0.25) is 5.15 Å². The van der Waals surface area contributed by atoms with E-state index >= 15 is 0 Å². The van der Waals surface area contributed by atoms with E-state index in [0.29, 0.717) is 17.5 Å². The molecule has 0 unspecified atom stereocenters. The molecule has 0 fully saturated rings. The first kappa shape index (κ1) is 10.4. The molecular formula is C7H10ClF2N3. The summed E-state index contributed by atoms with van der Waals surface area (Å²) in [5.74, 6) is 0.644. The summed E-state index contributed by atoms with van der Waals surface area (Å²) < 4.78 is 25.1. The summed E-state index contributed by atoms with van der Waals surface area (Å²) in [6.45, 7) is -0.0297. The van der Waals surface area contributed by atoms with Crippen molar-refractivity contribution in [1.29, 1.82) is 0 Å². The average Bonchev–Trinajstić information content (AvgIpc) is 2.35. The van der Waals surface area contributed by atoms with E-state index in [1.54, 1.807) is 11.6 Å². The number of nitrogens with one attached hydrogen (secondary N) is 1. The van der Waals surface area contributed by atoms with Crippen LogP contribution in [0, 0.1) is 0 Å². The highest BCUT2D eigenvalue weighted by molar-refractivity contribution is 6.29. The Morgan fingerprint density at radius 3 is 2.85 bits per heavy atom. The maximum Gasteiger partial charge on any atom is 0.250 e. The number of rotatable bonds is 4. The molecule has 0 radical (unpaired) electrons. The molecule has 0 bridgehead atoms. The predicted octanol–water partition coefficient (Wildman–Crippen LogP) is 1.43. The lowest BCUT2D eigenvalue weighted by molar-refractivity contribution is 0.145. The zero-order chi connectivity index (χ0) is 9.84. The van der Waals surface area contributed by atoms with Crippen LogP contribution in [0.5, 0.6) is 0 Å². The van der Waals surface area contributed by atoms with Gasteiger partial charge in [-0.15, -0.1) is 0 Å². The van der Waals surface area contributed by atoms with Gasteiger partial charge >= 0.3 is 0 Å². The van der Waals surface area contributed by atoms with E-state index in [1.807, 2.05) is 0 Å². The van der Waals surface area contributed by atoms with Gasteiger partial charge in [0.2, 0.25) is 0 Å². The van der Waals surface area contributed by atoms with Crippen LogP contribution in [-0.4, -0.2) is 22.5 Å². The van der Waals surface area contributed by atoms with Gasteiger partial charge in [-0.1, -0.05) is 11.6 Å². The quantitative estimate of drug-likeness (QED) is 0.813. The highest BCUT2D eigenvalue weighted by atomic mass is 35.5. The Morgan fingerprint density at radius 2 is 2.38 bits per heavy atom. The van der Waals surface area contributed by atoms with Crippen LogP contribution in [0.3, 0.4) is 0 Å². The molecule has 0 aromatic carbocycles. The Morgan fingerprint density at radius 1 is 1.69 bits per heavy atom. The number of imidazole rings is 1. The molecule has 13 heavy (non-hydrogen) atoms. The SMILES string of the molecule is Cn1c(Cl)cnc1CNCC(F)F. The molecule has 0 saturated heterocycles. The third-order valence-corrected chi connectivity index (χ3v) is 1.96. The highest BCUT2D eigenvalue weighted by Crippen LogP contribution is 2.08. The normalized spacial score (nSPS) is 11.2. The fourth-order valence-electron chi connectivity index (χ4n) is 0.882. The molecule has 0 saturated carbocycles. The molecule has 0 spiro atoms. The minimum absolute atomic E-state index is 0.299. The molecule has 74 valence electrons. The Kier molecular flexibility index (Phi) is 3.62. The molecule has 1 heterocycles. The van der Waals surface area contributed by atoms with E-state index in [4.69, 9.17) is 11.6 Å². The highest BCUT2D eigenvalue weighted by Gasteiger charge is 2.05. The molecule has 0 aliphatic carbocycles. The summed E-state index contributed by atoms with van der Waals surface area (Å²) in [7, 11) is 1.73. The molecular weight excluding hydrogens is 200 g/mol. The van der Waals surface area contributed by atoms with Gasteiger partial charge in [0.05, 0.1) is 19.3 Å². The Bertz CT molecular complexity index is 275. The van der Waals surface area contributed by atoms with Crippen molar-refractivity contribution in [3.8, 4) is 0 Å². The Hall–Kier alpha value is -0.680. The topological polar surface area (TPSA) is 29.9 Å². The fraction of sp³-hybridized carbons (Fsp3) is 0.571. The third-order valence-electron chi connectivity index (χ3n) is 1.61. The number of hydrogen-bond acceptors (Lipinski definition) is 2. The van der Waals surface area contributed by atoms with Crippen molar-refractivity contribution >= 4 is 11.6 Å². The van der Waals surface area contributed by atoms with Crippen LogP contribution >= 0.6 is 11.6 Å². The molecule has 1 aromatic rings. The van der Waals surface area contributed by atoms with Crippen molar-refractivity contribution in [2.75, 3.05) is 6.54 Å². The van der Waals surface area contributed by atoms with Gasteiger partial charge in [0.15, 0.2) is 0 Å². The fourth-order valence-corrected chi connectivity index (χ4v) is 1.03. The van der Waals surface area contributed by atoms with Gasteiger partial charge in [0.1, 0.15) is 11.0 Å². The lowest BCUT2D eigenvalue weighted by Crippen LogP contribution is -2.22. The van der Waals surface area contributed by atoms with Crippen LogP contribution in [0.25, 0.3) is 0 Å². The Labute approximate surface area is 79.7 Å². The van der Waals surface area contributed by atoms with E-state index in [1.165, 1.54) is 6.20 Å². The second-order valence-electron chi connectivity index (χ2n) is 2.58. The Balaban J connectivity index is 2.41. The summed E-state index contributed by atoms with van der Waals surface area (Å²) in [6.07, 6.45) is -0.850. The smallest absolute Gasteiger partial charge is 0.250 e. The maximum absolute atomic E-state index is 11.7. The van der Waals surface area contributed by atoms with Crippen molar-refractivity contribution in [1.82, 2.24) is 14.9 Å². The summed E-state index contributed by atoms with van der Waals surface area (Å²) >= 11 is 5.70. The van der Waals surface area contributed by atoms with Crippen LogP contribution in [-0.2, 0) is 13.6 Å². The number of aromatic nitrogens is 2. The summed E-state index contributed by atoms with van der Waals surface area (Å²) in [5, 5.41) is 3.06. The average molecular weight is 210 g/mol. The standard InChI is InChI=1S/C7H10ClF2N3/c1-13-5(8)2-12-7(13)4-11-3-6(9)10/h2,6,11H,3-4H2,1H3. The van der Waals surface area contributed by atoms with Crippen LogP contribution < -0.4 is 5.32 Å². The molecule has 1 aromatic heterocycles. The van der Waals surface area contributed by atoms with Crippen LogP contribution in [0.15, 0.2) is 6.20 Å². The predicted molar refractivity (Wildman–Crippen MR) is 45.9 cm³/mol. The summed E-state index contributed by atoms with van der Waals surface area (Å²) in [5.41, 5.74) is 0. The lowest BCUT2D eigenvalue weighted by Gasteiger charge is -2.04. The second kappa shape index (κ2) is 4.53. The van der Waals surface area contributed by atoms with Crippen LogP contribution in [0.1, 0.15) is 5.82 Å². The van der Waals surface area contributed by atoms with Gasteiger partial charge in [-0.3, -0.25) is 0 Å². The molecule has 0 aliphatic rings. The minimum atomic E-state index is -2.34. The van der Waals surface area contributed by atoms with Crippen LogP contribution in [0.4, 0.5) is 8.78 Å². The number of alkyl halides is 2. The van der Waals surface area contributed by atoms with Gasteiger partial charge < -0.3 is 9.88 Å². The van der Waals surface area contributed by atoms with Crippen molar-refractivity contribution in [2.45, 2.75) is 13.0 Å². The van der Waals surface area contributed by atoms with Crippen molar-refractivity contribution < 1.29 is 8.78 Å². The summed E-state index contributed by atoms with van der Waals surface area (Å²) in [6, 6.07) is 0. The molecule has 1 N–H and O–H groups in total. The number of hydrogen-bond donors (Lipinski definition) is 1. The maximum atomic E-state index is 11.7. The van der Waals surface area contributed by atoms with Crippen molar-refractivity contribution in [3.05, 3.63) is 17.2 Å². The molecule has 0 aliphatic heterocycles. The van der Waals surface area contributed by atoms with Gasteiger partial charge in [0.25, 0.3) is 6.43 Å². The van der Waals surface area contributed by atoms with E-state index in [0.717, 1.165) is 0 Å². The van der Waals surface area contributed by atoms with Crippen molar-refractivity contribution in [2.24, 2.45) is 7.05 Å². The van der Waals surface area contributed by atoms with Crippen molar-refractivity contribution in [3.63, 3.8) is 0 Å². The molecule has 6 heteroatoms. The first-order valence-electron chi connectivity index (χ1n) is 3.76. The van der Waals surface area contributed by atoms with E-state index < -0.39 is 6.43 Å². The number of halogens is 3. The van der Waals surface area contributed by atoms with E-state index in [2.05, 4.69) is 10.3 Å². The molecule has 1 rings (SSSR count). The molecule has 0 atom stereocenters. The molecule has 0 amide bonds. The molecule has 3 nitrogen and oxygen atoms in total. The first-order chi connectivity index (χ1) is 6.11. The van der Waals surface area contributed by atoms with Gasteiger partial charge in [-0.25, -0.2) is 13.8 Å². The number of nitrogens with zero attached hydrogens (tertiary/aromatic N) is 2. The second-order valence-corrected chi connectivity index (χ2v) is 2.97. The zero-order valence-corrected chi connectivity index (χ0v) is 7.85. The van der Waals surface area contributed by atoms with E-state index in [-0.39, 0.29) is 6.54 Å². The van der Waals surface area contributed by atoms with Gasteiger partial charge in [0, 0.05) is 7.05 Å². The third kappa shape index (κ3) is 2.93. The zero-order valence-electron chi connectivity index (χ0n) is 7.10. The first-order valence-corrected chi connectivity index (χ1v) is 4.14. The van der Waals surface area contributed by atoms with E-state index in [9.17, 15) is 8.78 Å². The van der Waals surface area contributed by atoms with Gasteiger partial charge in [-0.2, -0.15) is 0 Å².